The van der Waals surface area contributed by atoms with E-state index < -0.39 is 0 Å². The van der Waals surface area contributed by atoms with Gasteiger partial charge < -0.3 is 30.2 Å². The number of alkyl carbamates (subject to hydrolysis) is 1. The molecule has 3 saturated carbocycles. The van der Waals surface area contributed by atoms with E-state index in [1.807, 2.05) is 14.1 Å². The van der Waals surface area contributed by atoms with E-state index in [0.717, 1.165) is 80.6 Å². The summed E-state index contributed by atoms with van der Waals surface area (Å²) in [5, 5.41) is 9.54. The molecule has 264 valence electrons. The number of amides is 1. The molecule has 7 heteroatoms. The molecule has 11 atom stereocenters. The van der Waals surface area contributed by atoms with E-state index in [1.54, 1.807) is 5.57 Å². The van der Waals surface area contributed by atoms with E-state index in [9.17, 15) is 4.79 Å². The standard InChI is InChI=1S/C39H69N3O4/c1-26(2)10-8-11-27(3)31-14-15-32-30-13-12-28-24-29(18-20-38(28,4)33(30)19-21-39(31,32)5)45-37(43)42-22-9-23-44-36-17-16-34(41-7)35(46-36)25-40-6/h12,26-27,29-36,40-41H,8-11,13-25H2,1-7H3,(H,42,43). The van der Waals surface area contributed by atoms with Gasteiger partial charge in [0.05, 0.1) is 12.7 Å². The van der Waals surface area contributed by atoms with E-state index in [-0.39, 0.29) is 30.0 Å². The molecule has 3 N–H and O–H groups in total. The number of rotatable bonds is 14. The van der Waals surface area contributed by atoms with Gasteiger partial charge in [-0.1, -0.05) is 65.5 Å². The van der Waals surface area contributed by atoms with Crippen LogP contribution in [0, 0.1) is 46.3 Å². The predicted molar refractivity (Wildman–Crippen MR) is 187 cm³/mol. The van der Waals surface area contributed by atoms with Crippen LogP contribution in [0.5, 0.6) is 0 Å². The minimum atomic E-state index is -0.282. The summed E-state index contributed by atoms with van der Waals surface area (Å²) in [5.74, 6) is 5.09. The van der Waals surface area contributed by atoms with Crippen LogP contribution in [0.1, 0.15) is 125 Å². The zero-order valence-electron chi connectivity index (χ0n) is 30.5. The van der Waals surface area contributed by atoms with E-state index >= 15 is 0 Å². The highest BCUT2D eigenvalue weighted by molar-refractivity contribution is 5.67. The molecule has 5 aliphatic rings. The van der Waals surface area contributed by atoms with Gasteiger partial charge in [0, 0.05) is 25.6 Å². The van der Waals surface area contributed by atoms with Crippen molar-refractivity contribution in [1.82, 2.24) is 16.0 Å². The molecule has 4 aliphatic carbocycles. The first kappa shape index (κ1) is 36.1. The highest BCUT2D eigenvalue weighted by Crippen LogP contribution is 2.67. The number of hydrogen-bond acceptors (Lipinski definition) is 6. The van der Waals surface area contributed by atoms with Crippen LogP contribution in [-0.2, 0) is 14.2 Å². The van der Waals surface area contributed by atoms with Gasteiger partial charge >= 0.3 is 6.09 Å². The third-order valence-corrected chi connectivity index (χ3v) is 13.7. The fourth-order valence-electron chi connectivity index (χ4n) is 11.1. The molecule has 46 heavy (non-hydrogen) atoms. The van der Waals surface area contributed by atoms with Crippen LogP contribution < -0.4 is 16.0 Å². The first-order chi connectivity index (χ1) is 22.1. The largest absolute Gasteiger partial charge is 0.446 e. The molecule has 0 aromatic carbocycles. The first-order valence-electron chi connectivity index (χ1n) is 19.3. The number of hydrogen-bond donors (Lipinski definition) is 3. The topological polar surface area (TPSA) is 80.8 Å². The van der Waals surface area contributed by atoms with Crippen molar-refractivity contribution in [2.45, 2.75) is 149 Å². The van der Waals surface area contributed by atoms with Crippen LogP contribution in [0.15, 0.2) is 11.6 Å². The zero-order chi connectivity index (χ0) is 32.9. The molecule has 0 radical (unpaired) electrons. The molecule has 0 bridgehead atoms. The smallest absolute Gasteiger partial charge is 0.407 e. The van der Waals surface area contributed by atoms with Gasteiger partial charge in [0.2, 0.25) is 0 Å². The molecule has 4 fully saturated rings. The molecule has 11 unspecified atom stereocenters. The minimum absolute atomic E-state index is 0.0107. The number of nitrogens with one attached hydrogen (secondary N) is 3. The average molecular weight is 644 g/mol. The van der Waals surface area contributed by atoms with E-state index in [0.29, 0.717) is 24.6 Å². The molecule has 7 nitrogen and oxygen atoms in total. The van der Waals surface area contributed by atoms with Crippen molar-refractivity contribution in [3.8, 4) is 0 Å². The molecule has 0 aromatic heterocycles. The average Bonchev–Trinajstić information content (AvgIpc) is 3.38. The SMILES string of the molecule is CNCC1OC(OCCCNC(=O)OC2CCC3(C)C(=CCC4C3CCC3(C)C(C(C)CCCC(C)C)CCC43)C2)CCC1NC. The highest BCUT2D eigenvalue weighted by atomic mass is 16.7. The third-order valence-electron chi connectivity index (χ3n) is 13.7. The molecule has 1 amide bonds. The second kappa shape index (κ2) is 16.0. The Hall–Kier alpha value is -1.15. The third kappa shape index (κ3) is 8.00. The van der Waals surface area contributed by atoms with Crippen LogP contribution >= 0.6 is 0 Å². The van der Waals surface area contributed by atoms with Gasteiger partial charge in [-0.3, -0.25) is 0 Å². The Morgan fingerprint density at radius 2 is 1.83 bits per heavy atom. The number of ether oxygens (including phenoxy) is 3. The van der Waals surface area contributed by atoms with Gasteiger partial charge in [0.25, 0.3) is 0 Å². The van der Waals surface area contributed by atoms with Crippen molar-refractivity contribution in [1.29, 1.82) is 0 Å². The van der Waals surface area contributed by atoms with Crippen molar-refractivity contribution >= 4 is 6.09 Å². The Balaban J connectivity index is 1.05. The summed E-state index contributed by atoms with van der Waals surface area (Å²) in [6.45, 7) is 14.5. The van der Waals surface area contributed by atoms with Crippen LogP contribution in [0.2, 0.25) is 0 Å². The number of allylic oxidation sites excluding steroid dienone is 1. The van der Waals surface area contributed by atoms with Gasteiger partial charge in [-0.2, -0.15) is 0 Å². The first-order valence-corrected chi connectivity index (χ1v) is 19.3. The Bertz CT molecular complexity index is 1020. The molecule has 1 aliphatic heterocycles. The number of fused-ring (bicyclic) bond motifs is 5. The molecular weight excluding hydrogens is 574 g/mol. The highest BCUT2D eigenvalue weighted by Gasteiger charge is 2.59. The zero-order valence-corrected chi connectivity index (χ0v) is 30.5. The van der Waals surface area contributed by atoms with Crippen LogP contribution in [-0.4, -0.2) is 64.4 Å². The maximum Gasteiger partial charge on any atom is 0.407 e. The van der Waals surface area contributed by atoms with E-state index in [4.69, 9.17) is 14.2 Å². The Labute approximate surface area is 281 Å². The van der Waals surface area contributed by atoms with Crippen LogP contribution in [0.3, 0.4) is 0 Å². The molecular formula is C39H69N3O4. The lowest BCUT2D eigenvalue weighted by molar-refractivity contribution is -0.199. The minimum Gasteiger partial charge on any atom is -0.446 e. The number of carbonyl (C=O) groups is 1. The molecule has 0 aromatic rings. The van der Waals surface area contributed by atoms with Gasteiger partial charge in [-0.25, -0.2) is 4.79 Å². The lowest BCUT2D eigenvalue weighted by Crippen LogP contribution is -2.51. The van der Waals surface area contributed by atoms with Crippen molar-refractivity contribution in [3.05, 3.63) is 11.6 Å². The maximum atomic E-state index is 12.7. The van der Waals surface area contributed by atoms with Gasteiger partial charge in [-0.15, -0.1) is 0 Å². The predicted octanol–water partition coefficient (Wildman–Crippen LogP) is 7.84. The number of carbonyl (C=O) groups excluding carboxylic acids is 1. The van der Waals surface area contributed by atoms with E-state index in [2.05, 4.69) is 56.6 Å². The molecule has 5 rings (SSSR count). The molecule has 1 saturated heterocycles. The summed E-state index contributed by atoms with van der Waals surface area (Å²) in [6, 6.07) is 0.351. The van der Waals surface area contributed by atoms with Crippen LogP contribution in [0.25, 0.3) is 0 Å². The number of likely N-dealkylation sites (N-methyl/N-ethyl adjacent to an activating group) is 2. The second-order valence-electron chi connectivity index (χ2n) is 16.8. The van der Waals surface area contributed by atoms with Crippen molar-refractivity contribution < 1.29 is 19.0 Å². The fourth-order valence-corrected chi connectivity index (χ4v) is 11.1. The normalized spacial score (nSPS) is 39.6. The Morgan fingerprint density at radius 1 is 1.00 bits per heavy atom. The maximum absolute atomic E-state index is 12.7. The fraction of sp³-hybridized carbons (Fsp3) is 0.923. The summed E-state index contributed by atoms with van der Waals surface area (Å²) >= 11 is 0. The van der Waals surface area contributed by atoms with Crippen molar-refractivity contribution in [3.63, 3.8) is 0 Å². The quantitative estimate of drug-likeness (QED) is 0.132. The summed E-state index contributed by atoms with van der Waals surface area (Å²) in [5.41, 5.74) is 2.38. The summed E-state index contributed by atoms with van der Waals surface area (Å²) < 4.78 is 18.1. The second-order valence-corrected chi connectivity index (χ2v) is 16.8. The van der Waals surface area contributed by atoms with Gasteiger partial charge in [0.15, 0.2) is 6.29 Å². The van der Waals surface area contributed by atoms with Crippen LogP contribution in [0.4, 0.5) is 4.79 Å². The summed E-state index contributed by atoms with van der Waals surface area (Å²) in [4.78, 5) is 12.7. The lowest BCUT2D eigenvalue weighted by atomic mass is 9.47. The molecule has 0 spiro atoms. The Morgan fingerprint density at radius 3 is 2.59 bits per heavy atom. The lowest BCUT2D eigenvalue weighted by Gasteiger charge is -2.58. The monoisotopic (exact) mass is 644 g/mol. The van der Waals surface area contributed by atoms with E-state index in [1.165, 1.54) is 51.4 Å². The summed E-state index contributed by atoms with van der Waals surface area (Å²) in [7, 11) is 3.94. The van der Waals surface area contributed by atoms with Crippen molar-refractivity contribution in [2.24, 2.45) is 46.3 Å². The summed E-state index contributed by atoms with van der Waals surface area (Å²) in [6.07, 6.45) is 19.0. The van der Waals surface area contributed by atoms with Gasteiger partial charge in [0.1, 0.15) is 6.10 Å². The molecule has 1 heterocycles. The Kier molecular flexibility index (Phi) is 12.6. The van der Waals surface area contributed by atoms with Crippen molar-refractivity contribution in [2.75, 3.05) is 33.8 Å². The van der Waals surface area contributed by atoms with Gasteiger partial charge in [-0.05, 0) is 125 Å².